The van der Waals surface area contributed by atoms with E-state index in [1.54, 1.807) is 0 Å². The number of carbonyl (C=O) groups excluding carboxylic acids is 1. The van der Waals surface area contributed by atoms with Gasteiger partial charge >= 0.3 is 0 Å². The summed E-state index contributed by atoms with van der Waals surface area (Å²) in [6.07, 6.45) is 4.66. The molecular weight excluding hydrogens is 316 g/mol. The fourth-order valence-electron chi connectivity index (χ4n) is 4.38. The largest absolute Gasteiger partial charge is 0.373 e. The predicted octanol–water partition coefficient (Wildman–Crippen LogP) is 2.17. The van der Waals surface area contributed by atoms with Crippen LogP contribution in [0.2, 0.25) is 0 Å². The lowest BCUT2D eigenvalue weighted by atomic mass is 10.0. The van der Waals surface area contributed by atoms with E-state index >= 15 is 0 Å². The van der Waals surface area contributed by atoms with Gasteiger partial charge in [0.15, 0.2) is 0 Å². The molecule has 0 saturated carbocycles. The highest BCUT2D eigenvalue weighted by Crippen LogP contribution is 2.31. The minimum atomic E-state index is 0.000523. The lowest BCUT2D eigenvalue weighted by Gasteiger charge is -2.32. The molecule has 1 aromatic rings. The molecular formula is C20H28N2O3. The molecule has 0 aromatic heterocycles. The quantitative estimate of drug-likeness (QED) is 0.821. The zero-order valence-corrected chi connectivity index (χ0v) is 14.8. The van der Waals surface area contributed by atoms with Crippen LogP contribution in [0.15, 0.2) is 30.3 Å². The topological polar surface area (TPSA) is 42.0 Å². The van der Waals surface area contributed by atoms with Crippen LogP contribution in [-0.4, -0.2) is 73.3 Å². The fraction of sp³-hybridized carbons (Fsp3) is 0.650. The first kappa shape index (κ1) is 17.0. The smallest absolute Gasteiger partial charge is 0.254 e. The third kappa shape index (κ3) is 3.73. The number of amides is 1. The molecule has 1 amide bonds. The fourth-order valence-corrected chi connectivity index (χ4v) is 4.38. The SMILES string of the molecule is O=C(c1ccccc1)N1C[C@@H](OCCN2CCCC2)[C@@H]2OCCC[C@@H]21. The van der Waals surface area contributed by atoms with Crippen molar-refractivity contribution in [2.75, 3.05) is 39.4 Å². The van der Waals surface area contributed by atoms with Gasteiger partial charge in [0.2, 0.25) is 0 Å². The van der Waals surface area contributed by atoms with Gasteiger partial charge in [-0.05, 0) is 50.9 Å². The van der Waals surface area contributed by atoms with Crippen molar-refractivity contribution in [3.63, 3.8) is 0 Å². The monoisotopic (exact) mass is 344 g/mol. The number of benzene rings is 1. The van der Waals surface area contributed by atoms with Crippen molar-refractivity contribution in [1.29, 1.82) is 0 Å². The van der Waals surface area contributed by atoms with E-state index in [2.05, 4.69) is 4.90 Å². The Balaban J connectivity index is 1.39. The van der Waals surface area contributed by atoms with E-state index in [4.69, 9.17) is 9.47 Å². The van der Waals surface area contributed by atoms with E-state index < -0.39 is 0 Å². The first-order valence-electron chi connectivity index (χ1n) is 9.64. The van der Waals surface area contributed by atoms with E-state index in [0.717, 1.165) is 38.2 Å². The summed E-state index contributed by atoms with van der Waals surface area (Å²) in [5.74, 6) is 0.103. The number of rotatable bonds is 5. The van der Waals surface area contributed by atoms with E-state index in [-0.39, 0.29) is 24.2 Å². The Morgan fingerprint density at radius 3 is 2.76 bits per heavy atom. The van der Waals surface area contributed by atoms with Gasteiger partial charge in [0.25, 0.3) is 5.91 Å². The average molecular weight is 344 g/mol. The second-order valence-corrected chi connectivity index (χ2v) is 7.33. The van der Waals surface area contributed by atoms with Crippen molar-refractivity contribution < 1.29 is 14.3 Å². The Bertz CT molecular complexity index is 574. The van der Waals surface area contributed by atoms with Crippen LogP contribution in [0.1, 0.15) is 36.0 Å². The molecule has 0 radical (unpaired) electrons. The van der Waals surface area contributed by atoms with Crippen LogP contribution in [0, 0.1) is 0 Å². The molecule has 5 nitrogen and oxygen atoms in total. The van der Waals surface area contributed by atoms with Gasteiger partial charge < -0.3 is 19.3 Å². The molecule has 3 heterocycles. The third-order valence-electron chi connectivity index (χ3n) is 5.70. The maximum absolute atomic E-state index is 12.9. The van der Waals surface area contributed by atoms with Crippen molar-refractivity contribution >= 4 is 5.91 Å². The van der Waals surface area contributed by atoms with Crippen molar-refractivity contribution in [2.45, 2.75) is 43.9 Å². The Labute approximate surface area is 149 Å². The number of hydrogen-bond donors (Lipinski definition) is 0. The molecule has 5 heteroatoms. The number of ether oxygens (including phenoxy) is 2. The first-order chi connectivity index (χ1) is 12.3. The standard InChI is InChI=1S/C20H28N2O3/c23-20(16-7-2-1-3-8-16)22-15-18(19-17(22)9-6-13-25-19)24-14-12-21-10-4-5-11-21/h1-3,7-8,17-19H,4-6,9-15H2/t17-,18+,19+/m0/s1. The number of carbonyl (C=O) groups is 1. The van der Waals surface area contributed by atoms with Gasteiger partial charge in [0.05, 0.1) is 19.2 Å². The minimum Gasteiger partial charge on any atom is -0.373 e. The second-order valence-electron chi connectivity index (χ2n) is 7.33. The number of likely N-dealkylation sites (tertiary alicyclic amines) is 2. The molecule has 0 bridgehead atoms. The first-order valence-corrected chi connectivity index (χ1v) is 9.64. The highest BCUT2D eigenvalue weighted by Gasteiger charge is 2.46. The Kier molecular flexibility index (Phi) is 5.34. The van der Waals surface area contributed by atoms with Crippen LogP contribution in [0.5, 0.6) is 0 Å². The zero-order chi connectivity index (χ0) is 17.1. The molecule has 3 fully saturated rings. The van der Waals surface area contributed by atoms with Crippen LogP contribution in [0.4, 0.5) is 0 Å². The van der Waals surface area contributed by atoms with E-state index in [0.29, 0.717) is 6.54 Å². The average Bonchev–Trinajstić information content (AvgIpc) is 3.30. The summed E-state index contributed by atoms with van der Waals surface area (Å²) < 4.78 is 12.2. The molecule has 0 aliphatic carbocycles. The van der Waals surface area contributed by atoms with E-state index in [1.165, 1.54) is 25.9 Å². The van der Waals surface area contributed by atoms with Crippen LogP contribution in [-0.2, 0) is 9.47 Å². The summed E-state index contributed by atoms with van der Waals surface area (Å²) in [5.41, 5.74) is 0.754. The Hall–Kier alpha value is -1.43. The van der Waals surface area contributed by atoms with Crippen molar-refractivity contribution in [3.05, 3.63) is 35.9 Å². The van der Waals surface area contributed by atoms with Crippen LogP contribution < -0.4 is 0 Å². The highest BCUT2D eigenvalue weighted by molar-refractivity contribution is 5.94. The Morgan fingerprint density at radius 1 is 1.16 bits per heavy atom. The van der Waals surface area contributed by atoms with Crippen molar-refractivity contribution in [2.24, 2.45) is 0 Å². The van der Waals surface area contributed by atoms with Gasteiger partial charge in [-0.2, -0.15) is 0 Å². The highest BCUT2D eigenvalue weighted by atomic mass is 16.5. The van der Waals surface area contributed by atoms with Gasteiger partial charge in [-0.3, -0.25) is 4.79 Å². The van der Waals surface area contributed by atoms with Crippen LogP contribution in [0.3, 0.4) is 0 Å². The number of fused-ring (bicyclic) bond motifs is 1. The zero-order valence-electron chi connectivity index (χ0n) is 14.8. The molecule has 3 atom stereocenters. The minimum absolute atomic E-state index is 0.000523. The molecule has 0 spiro atoms. The third-order valence-corrected chi connectivity index (χ3v) is 5.70. The lowest BCUT2D eigenvalue weighted by molar-refractivity contribution is -0.0782. The lowest BCUT2D eigenvalue weighted by Crippen LogP contribution is -2.44. The molecule has 3 saturated heterocycles. The maximum Gasteiger partial charge on any atom is 0.254 e. The summed E-state index contributed by atoms with van der Waals surface area (Å²) in [6, 6.07) is 9.71. The summed E-state index contributed by atoms with van der Waals surface area (Å²) in [4.78, 5) is 17.4. The van der Waals surface area contributed by atoms with Crippen molar-refractivity contribution in [1.82, 2.24) is 9.80 Å². The van der Waals surface area contributed by atoms with Crippen molar-refractivity contribution in [3.8, 4) is 0 Å². The summed E-state index contributed by atoms with van der Waals surface area (Å²) >= 11 is 0. The van der Waals surface area contributed by atoms with Crippen LogP contribution >= 0.6 is 0 Å². The van der Waals surface area contributed by atoms with Gasteiger partial charge in [0.1, 0.15) is 12.2 Å². The van der Waals surface area contributed by atoms with E-state index in [9.17, 15) is 4.79 Å². The van der Waals surface area contributed by atoms with Gasteiger partial charge in [-0.25, -0.2) is 0 Å². The molecule has 25 heavy (non-hydrogen) atoms. The van der Waals surface area contributed by atoms with Gasteiger partial charge in [0, 0.05) is 18.7 Å². The second kappa shape index (κ2) is 7.85. The Morgan fingerprint density at radius 2 is 1.96 bits per heavy atom. The molecule has 3 aliphatic heterocycles. The number of hydrogen-bond acceptors (Lipinski definition) is 4. The predicted molar refractivity (Wildman–Crippen MR) is 95.7 cm³/mol. The number of nitrogens with zero attached hydrogens (tertiary/aromatic N) is 2. The summed E-state index contributed by atoms with van der Waals surface area (Å²) in [6.45, 7) is 5.51. The maximum atomic E-state index is 12.9. The molecule has 136 valence electrons. The van der Waals surface area contributed by atoms with E-state index in [1.807, 2.05) is 35.2 Å². The molecule has 4 rings (SSSR count). The summed E-state index contributed by atoms with van der Waals surface area (Å²) in [7, 11) is 0. The summed E-state index contributed by atoms with van der Waals surface area (Å²) in [5, 5.41) is 0. The normalized spacial score (nSPS) is 29.8. The molecule has 3 aliphatic rings. The molecule has 0 N–H and O–H groups in total. The van der Waals surface area contributed by atoms with Gasteiger partial charge in [-0.15, -0.1) is 0 Å². The molecule has 0 unspecified atom stereocenters. The van der Waals surface area contributed by atoms with Gasteiger partial charge in [-0.1, -0.05) is 18.2 Å². The molecule has 1 aromatic carbocycles. The van der Waals surface area contributed by atoms with Crippen LogP contribution in [0.25, 0.3) is 0 Å².